The largest absolute Gasteiger partial charge is 0.395 e. The van der Waals surface area contributed by atoms with Gasteiger partial charge < -0.3 is 25.5 Å². The summed E-state index contributed by atoms with van der Waals surface area (Å²) in [4.78, 5) is 4.29. The van der Waals surface area contributed by atoms with Crippen LogP contribution in [-0.2, 0) is 6.54 Å². The molecule has 2 aromatic carbocycles. The van der Waals surface area contributed by atoms with Gasteiger partial charge in [0.15, 0.2) is 11.6 Å². The van der Waals surface area contributed by atoms with Crippen LogP contribution >= 0.6 is 11.6 Å². The lowest BCUT2D eigenvalue weighted by Crippen LogP contribution is -2.34. The molecule has 0 saturated carbocycles. The first-order valence-electron chi connectivity index (χ1n) is 11.5. The van der Waals surface area contributed by atoms with Gasteiger partial charge in [-0.2, -0.15) is 0 Å². The summed E-state index contributed by atoms with van der Waals surface area (Å²) in [5, 5.41) is 24.9. The van der Waals surface area contributed by atoms with E-state index in [9.17, 15) is 9.50 Å². The summed E-state index contributed by atoms with van der Waals surface area (Å²) in [6.45, 7) is 7.52. The molecule has 3 N–H and O–H groups in total. The number of aliphatic hydroxyl groups is 1. The van der Waals surface area contributed by atoms with Gasteiger partial charge in [-0.25, -0.2) is 4.39 Å². The number of nitrogens with one attached hydrogen (secondary N) is 2. The number of aliphatic hydroxyl groups excluding tert-OH is 1. The van der Waals surface area contributed by atoms with Crippen molar-refractivity contribution < 1.29 is 9.50 Å². The number of halogens is 2. The number of benzene rings is 2. The number of fused-ring (bicyclic) bond motifs is 1. The Bertz CT molecular complexity index is 1140. The topological polar surface area (TPSA) is 76.5 Å². The van der Waals surface area contributed by atoms with E-state index < -0.39 is 5.82 Å². The summed E-state index contributed by atoms with van der Waals surface area (Å²) in [6, 6.07) is 13.1. The zero-order valence-electron chi connectivity index (χ0n) is 19.5. The maximum Gasteiger partial charge on any atom is 0.172 e. The van der Waals surface area contributed by atoms with Crippen LogP contribution in [0.25, 0.3) is 0 Å². The Morgan fingerprint density at radius 1 is 1.21 bits per heavy atom. The molecule has 1 aliphatic heterocycles. The minimum absolute atomic E-state index is 0.103. The highest BCUT2D eigenvalue weighted by Gasteiger charge is 2.22. The molecular formula is C25H30ClFN6O. The SMILES string of the molecule is CCCN(CCO)c1cccc(Nc2cc3c(nn2)NCCN3Cc2c(C)ccc(F)c2Cl)c1. The Kier molecular flexibility index (Phi) is 7.70. The zero-order valence-corrected chi connectivity index (χ0v) is 20.2. The van der Waals surface area contributed by atoms with Crippen LogP contribution in [0, 0.1) is 12.7 Å². The first-order chi connectivity index (χ1) is 16.5. The van der Waals surface area contributed by atoms with Crippen molar-refractivity contribution in [2.45, 2.75) is 26.8 Å². The number of hydrogen-bond acceptors (Lipinski definition) is 7. The van der Waals surface area contributed by atoms with Crippen molar-refractivity contribution >= 4 is 40.3 Å². The molecule has 0 aliphatic carbocycles. The average Bonchev–Trinajstić information content (AvgIpc) is 2.84. The molecule has 9 heteroatoms. The molecule has 1 aliphatic rings. The molecule has 0 atom stereocenters. The van der Waals surface area contributed by atoms with Crippen molar-refractivity contribution in [1.29, 1.82) is 0 Å². The van der Waals surface area contributed by atoms with Crippen LogP contribution in [0.4, 0.5) is 33.1 Å². The molecular weight excluding hydrogens is 455 g/mol. The predicted molar refractivity (Wildman–Crippen MR) is 137 cm³/mol. The van der Waals surface area contributed by atoms with Crippen LogP contribution in [0.15, 0.2) is 42.5 Å². The molecule has 0 unspecified atom stereocenters. The molecule has 0 fully saturated rings. The van der Waals surface area contributed by atoms with Gasteiger partial charge in [0.05, 0.1) is 17.3 Å². The van der Waals surface area contributed by atoms with Gasteiger partial charge in [-0.15, -0.1) is 10.2 Å². The van der Waals surface area contributed by atoms with Crippen LogP contribution in [0.1, 0.15) is 24.5 Å². The summed E-state index contributed by atoms with van der Waals surface area (Å²) >= 11 is 6.29. The van der Waals surface area contributed by atoms with Gasteiger partial charge in [-0.1, -0.05) is 30.7 Å². The number of aryl methyl sites for hydroxylation is 1. The number of aromatic nitrogens is 2. The van der Waals surface area contributed by atoms with Gasteiger partial charge in [0.25, 0.3) is 0 Å². The van der Waals surface area contributed by atoms with Gasteiger partial charge in [0, 0.05) is 50.2 Å². The normalized spacial score (nSPS) is 12.8. The van der Waals surface area contributed by atoms with Crippen LogP contribution in [0.3, 0.4) is 0 Å². The predicted octanol–water partition coefficient (Wildman–Crippen LogP) is 4.96. The molecule has 2 heterocycles. The van der Waals surface area contributed by atoms with E-state index in [0.29, 0.717) is 31.3 Å². The monoisotopic (exact) mass is 484 g/mol. The molecule has 4 rings (SSSR count). The van der Waals surface area contributed by atoms with E-state index in [1.807, 2.05) is 37.3 Å². The van der Waals surface area contributed by atoms with Gasteiger partial charge in [0.2, 0.25) is 0 Å². The standard InChI is InChI=1S/C25H30ClFN6O/c1-3-10-32(12-13-34)19-6-4-5-18(14-19)29-23-15-22-25(31-30-23)28-9-11-33(22)16-20-17(2)7-8-21(27)24(20)26/h4-8,14-15,34H,3,9-13,16H2,1-2H3,(H,28,31)(H,29,30). The number of rotatable bonds is 9. The fraction of sp³-hybridized carbons (Fsp3) is 0.360. The Balaban J connectivity index is 1.58. The highest BCUT2D eigenvalue weighted by atomic mass is 35.5. The average molecular weight is 485 g/mol. The third-order valence-electron chi connectivity index (χ3n) is 5.92. The van der Waals surface area contributed by atoms with Crippen molar-refractivity contribution in [2.24, 2.45) is 0 Å². The molecule has 0 bridgehead atoms. The van der Waals surface area contributed by atoms with Gasteiger partial charge >= 0.3 is 0 Å². The summed E-state index contributed by atoms with van der Waals surface area (Å²) < 4.78 is 14.1. The third kappa shape index (κ3) is 5.34. The summed E-state index contributed by atoms with van der Waals surface area (Å²) in [5.41, 5.74) is 4.51. The molecule has 1 aromatic heterocycles. The van der Waals surface area contributed by atoms with E-state index in [2.05, 4.69) is 37.6 Å². The number of hydrogen-bond donors (Lipinski definition) is 3. The molecule has 0 radical (unpaired) electrons. The maximum absolute atomic E-state index is 14.1. The fourth-order valence-electron chi connectivity index (χ4n) is 4.17. The lowest BCUT2D eigenvalue weighted by atomic mass is 10.1. The van der Waals surface area contributed by atoms with Crippen LogP contribution in [-0.4, -0.2) is 48.1 Å². The first-order valence-corrected chi connectivity index (χ1v) is 11.9. The summed E-state index contributed by atoms with van der Waals surface area (Å²) in [7, 11) is 0. The van der Waals surface area contributed by atoms with Crippen LogP contribution < -0.4 is 20.4 Å². The van der Waals surface area contributed by atoms with E-state index in [-0.39, 0.29) is 11.6 Å². The lowest BCUT2D eigenvalue weighted by Gasteiger charge is -2.32. The molecule has 0 spiro atoms. The number of anilines is 5. The van der Waals surface area contributed by atoms with Gasteiger partial charge in [0.1, 0.15) is 5.82 Å². The quantitative estimate of drug-likeness (QED) is 0.396. The van der Waals surface area contributed by atoms with E-state index in [1.165, 1.54) is 6.07 Å². The van der Waals surface area contributed by atoms with E-state index in [4.69, 9.17) is 11.6 Å². The van der Waals surface area contributed by atoms with Crippen molar-refractivity contribution in [3.63, 3.8) is 0 Å². The minimum Gasteiger partial charge on any atom is -0.395 e. The van der Waals surface area contributed by atoms with E-state index in [1.54, 1.807) is 6.07 Å². The Labute approximate surface area is 204 Å². The number of nitrogens with zero attached hydrogens (tertiary/aromatic N) is 4. The third-order valence-corrected chi connectivity index (χ3v) is 6.32. The lowest BCUT2D eigenvalue weighted by molar-refractivity contribution is 0.302. The zero-order chi connectivity index (χ0) is 24.1. The Morgan fingerprint density at radius 2 is 2.06 bits per heavy atom. The minimum atomic E-state index is -0.411. The first kappa shape index (κ1) is 24.0. The molecule has 7 nitrogen and oxygen atoms in total. The second-order valence-corrected chi connectivity index (χ2v) is 8.73. The maximum atomic E-state index is 14.1. The van der Waals surface area contributed by atoms with Crippen molar-refractivity contribution in [2.75, 3.05) is 53.2 Å². The smallest absolute Gasteiger partial charge is 0.172 e. The summed E-state index contributed by atoms with van der Waals surface area (Å²) in [5.74, 6) is 0.884. The second kappa shape index (κ2) is 10.9. The van der Waals surface area contributed by atoms with Crippen LogP contribution in [0.2, 0.25) is 5.02 Å². The molecule has 0 saturated heterocycles. The fourth-order valence-corrected chi connectivity index (χ4v) is 4.44. The van der Waals surface area contributed by atoms with Crippen LogP contribution in [0.5, 0.6) is 0 Å². The highest BCUT2D eigenvalue weighted by molar-refractivity contribution is 6.31. The molecule has 0 amide bonds. The Morgan fingerprint density at radius 3 is 2.85 bits per heavy atom. The molecule has 180 valence electrons. The second-order valence-electron chi connectivity index (χ2n) is 8.35. The van der Waals surface area contributed by atoms with E-state index >= 15 is 0 Å². The van der Waals surface area contributed by atoms with Crippen molar-refractivity contribution in [3.05, 3.63) is 64.4 Å². The molecule has 3 aromatic rings. The summed E-state index contributed by atoms with van der Waals surface area (Å²) in [6.07, 6.45) is 0.992. The molecule has 34 heavy (non-hydrogen) atoms. The van der Waals surface area contributed by atoms with Crippen molar-refractivity contribution in [3.8, 4) is 0 Å². The van der Waals surface area contributed by atoms with E-state index in [0.717, 1.165) is 47.7 Å². The van der Waals surface area contributed by atoms with Gasteiger partial charge in [-0.05, 0) is 48.7 Å². The Hall–Kier alpha value is -3.10. The highest BCUT2D eigenvalue weighted by Crippen LogP contribution is 2.33. The van der Waals surface area contributed by atoms with Crippen molar-refractivity contribution in [1.82, 2.24) is 10.2 Å². The van der Waals surface area contributed by atoms with Gasteiger partial charge in [-0.3, -0.25) is 0 Å².